The topological polar surface area (TPSA) is 43.6 Å². The van der Waals surface area contributed by atoms with Crippen LogP contribution in [0.25, 0.3) is 116 Å². The molecule has 0 spiro atoms. The molecule has 0 bridgehead atoms. The molecule has 61 heavy (non-hydrogen) atoms. The summed E-state index contributed by atoms with van der Waals surface area (Å²) in [6, 6.07) is 77.6. The third-order valence-corrected chi connectivity index (χ3v) is 12.0. The van der Waals surface area contributed by atoms with Gasteiger partial charge in [0.2, 0.25) is 5.95 Å². The van der Waals surface area contributed by atoms with Gasteiger partial charge in [0.25, 0.3) is 0 Å². The molecule has 0 saturated heterocycles. The Hall–Kier alpha value is -8.21. The average molecular weight is 777 g/mol. The summed E-state index contributed by atoms with van der Waals surface area (Å²) in [5.74, 6) is 1.80. The Bertz CT molecular complexity index is 3610. The SMILES string of the molecule is c1ccc(-c2cccc(-c3cccc(-c4cccc5c6ccccc6n(-c6nc(-c7ccccc7)nc(-c7ccc8c9ccccc9c9ccccc9c8c7)n6)c45)c3)c2)cc1. The molecule has 0 radical (unpaired) electrons. The summed E-state index contributed by atoms with van der Waals surface area (Å²) in [7, 11) is 0. The van der Waals surface area contributed by atoms with Gasteiger partial charge >= 0.3 is 0 Å². The number of aromatic nitrogens is 4. The summed E-state index contributed by atoms with van der Waals surface area (Å²) in [5.41, 5.74) is 10.9. The van der Waals surface area contributed by atoms with Crippen LogP contribution in [0, 0.1) is 0 Å². The van der Waals surface area contributed by atoms with E-state index < -0.39 is 0 Å². The van der Waals surface area contributed by atoms with E-state index in [1.807, 2.05) is 18.2 Å². The van der Waals surface area contributed by atoms with Crippen molar-refractivity contribution in [3.8, 4) is 62.1 Å². The molecule has 0 N–H and O–H groups in total. The fourth-order valence-corrected chi connectivity index (χ4v) is 9.19. The second kappa shape index (κ2) is 14.3. The van der Waals surface area contributed by atoms with Gasteiger partial charge in [-0.3, -0.25) is 4.57 Å². The second-order valence-electron chi connectivity index (χ2n) is 15.6. The van der Waals surface area contributed by atoms with Crippen LogP contribution >= 0.6 is 0 Å². The highest BCUT2D eigenvalue weighted by molar-refractivity contribution is 6.25. The first-order valence-corrected chi connectivity index (χ1v) is 20.7. The minimum absolute atomic E-state index is 0.567. The largest absolute Gasteiger partial charge is 0.277 e. The number of hydrogen-bond acceptors (Lipinski definition) is 3. The smallest absolute Gasteiger partial charge is 0.238 e. The number of hydrogen-bond donors (Lipinski definition) is 0. The Kier molecular flexibility index (Phi) is 8.13. The van der Waals surface area contributed by atoms with Crippen LogP contribution in [0.2, 0.25) is 0 Å². The van der Waals surface area contributed by atoms with Crippen molar-refractivity contribution in [2.45, 2.75) is 0 Å². The van der Waals surface area contributed by atoms with E-state index in [0.717, 1.165) is 49.6 Å². The Morgan fingerprint density at radius 3 is 1.39 bits per heavy atom. The maximum absolute atomic E-state index is 5.40. The van der Waals surface area contributed by atoms with Gasteiger partial charge in [0.05, 0.1) is 11.0 Å². The molecule has 0 atom stereocenters. The lowest BCUT2D eigenvalue weighted by molar-refractivity contribution is 0.954. The van der Waals surface area contributed by atoms with E-state index in [9.17, 15) is 0 Å². The van der Waals surface area contributed by atoms with Crippen molar-refractivity contribution < 1.29 is 0 Å². The van der Waals surface area contributed by atoms with E-state index in [4.69, 9.17) is 15.0 Å². The van der Waals surface area contributed by atoms with Gasteiger partial charge in [0.15, 0.2) is 11.6 Å². The van der Waals surface area contributed by atoms with Gasteiger partial charge in [0, 0.05) is 27.5 Å². The van der Waals surface area contributed by atoms with Crippen LogP contribution in [0.3, 0.4) is 0 Å². The van der Waals surface area contributed by atoms with Crippen LogP contribution in [0.4, 0.5) is 0 Å². The lowest BCUT2D eigenvalue weighted by atomic mass is 9.93. The van der Waals surface area contributed by atoms with Crippen LogP contribution in [0.15, 0.2) is 218 Å². The van der Waals surface area contributed by atoms with Crippen LogP contribution in [-0.4, -0.2) is 19.5 Å². The molecule has 0 unspecified atom stereocenters. The van der Waals surface area contributed by atoms with E-state index >= 15 is 0 Å². The van der Waals surface area contributed by atoms with E-state index in [1.165, 1.54) is 49.0 Å². The number of nitrogens with zero attached hydrogens (tertiary/aromatic N) is 4. The number of rotatable bonds is 6. The van der Waals surface area contributed by atoms with Crippen molar-refractivity contribution in [2.75, 3.05) is 0 Å². The fraction of sp³-hybridized carbons (Fsp3) is 0. The first kappa shape index (κ1) is 34.8. The molecule has 12 aromatic rings. The van der Waals surface area contributed by atoms with Gasteiger partial charge in [-0.15, -0.1) is 0 Å². The molecule has 0 aliphatic rings. The molecule has 2 heterocycles. The predicted molar refractivity (Wildman–Crippen MR) is 254 cm³/mol. The van der Waals surface area contributed by atoms with Crippen LogP contribution in [0.5, 0.6) is 0 Å². The molecule has 0 saturated carbocycles. The standard InChI is InChI=1S/C57H36N4/c1-3-16-37(17-4-1)39-20-13-21-40(34-39)41-22-14-23-42(35-41)44-29-15-30-51-50-28-11-12-31-53(50)61(54(44)51)57-59-55(38-18-5-2-6-19-38)58-56(60-57)43-32-33-49-47-26-8-7-24-45(47)46-25-9-10-27-48(46)52(49)36-43/h1-36H. The molecular formula is C57H36N4. The minimum Gasteiger partial charge on any atom is -0.277 e. The first-order chi connectivity index (χ1) is 30.2. The van der Waals surface area contributed by atoms with Crippen LogP contribution in [-0.2, 0) is 0 Å². The van der Waals surface area contributed by atoms with Gasteiger partial charge in [-0.2, -0.15) is 9.97 Å². The first-order valence-electron chi connectivity index (χ1n) is 20.7. The summed E-state index contributed by atoms with van der Waals surface area (Å²) in [6.45, 7) is 0. The van der Waals surface area contributed by atoms with Crippen LogP contribution < -0.4 is 0 Å². The molecule has 0 aliphatic heterocycles. The van der Waals surface area contributed by atoms with Crippen molar-refractivity contribution in [2.24, 2.45) is 0 Å². The normalized spacial score (nSPS) is 11.6. The molecule has 12 rings (SSSR count). The van der Waals surface area contributed by atoms with E-state index in [0.29, 0.717) is 17.6 Å². The molecule has 10 aromatic carbocycles. The summed E-state index contributed by atoms with van der Waals surface area (Å²) in [5, 5.41) is 9.57. The Morgan fingerprint density at radius 1 is 0.262 bits per heavy atom. The molecule has 4 heteroatoms. The van der Waals surface area contributed by atoms with Crippen LogP contribution in [0.1, 0.15) is 0 Å². The van der Waals surface area contributed by atoms with E-state index in [-0.39, 0.29) is 0 Å². The van der Waals surface area contributed by atoms with Crippen molar-refractivity contribution >= 4 is 54.1 Å². The van der Waals surface area contributed by atoms with Gasteiger partial charge in [-0.05, 0) is 84.4 Å². The van der Waals surface area contributed by atoms with Crippen molar-refractivity contribution in [3.63, 3.8) is 0 Å². The third kappa shape index (κ3) is 5.88. The number of para-hydroxylation sites is 2. The Balaban J connectivity index is 1.08. The molecule has 4 nitrogen and oxygen atoms in total. The lowest BCUT2D eigenvalue weighted by Gasteiger charge is -2.14. The summed E-state index contributed by atoms with van der Waals surface area (Å²) in [4.78, 5) is 15.9. The number of benzene rings is 10. The molecule has 2 aromatic heterocycles. The molecule has 0 aliphatic carbocycles. The fourth-order valence-electron chi connectivity index (χ4n) is 9.19. The van der Waals surface area contributed by atoms with Crippen molar-refractivity contribution in [1.82, 2.24) is 19.5 Å². The highest BCUT2D eigenvalue weighted by Crippen LogP contribution is 2.41. The van der Waals surface area contributed by atoms with Gasteiger partial charge in [-0.1, -0.05) is 194 Å². The predicted octanol–water partition coefficient (Wildman–Crippen LogP) is 14.8. The maximum Gasteiger partial charge on any atom is 0.238 e. The molecule has 284 valence electrons. The maximum atomic E-state index is 5.40. The Labute approximate surface area is 352 Å². The van der Waals surface area contributed by atoms with E-state index in [1.54, 1.807) is 0 Å². The van der Waals surface area contributed by atoms with Crippen molar-refractivity contribution in [3.05, 3.63) is 218 Å². The zero-order chi connectivity index (χ0) is 40.3. The highest BCUT2D eigenvalue weighted by Gasteiger charge is 2.21. The minimum atomic E-state index is 0.567. The highest BCUT2D eigenvalue weighted by atomic mass is 15.2. The average Bonchev–Trinajstić information content (AvgIpc) is 3.69. The molecule has 0 fully saturated rings. The lowest BCUT2D eigenvalue weighted by Crippen LogP contribution is -2.07. The summed E-state index contributed by atoms with van der Waals surface area (Å²) >= 11 is 0. The summed E-state index contributed by atoms with van der Waals surface area (Å²) in [6.07, 6.45) is 0. The van der Waals surface area contributed by atoms with Gasteiger partial charge in [0.1, 0.15) is 0 Å². The zero-order valence-electron chi connectivity index (χ0n) is 33.1. The quantitative estimate of drug-likeness (QED) is 0.158. The third-order valence-electron chi connectivity index (χ3n) is 12.0. The van der Waals surface area contributed by atoms with Crippen molar-refractivity contribution in [1.29, 1.82) is 0 Å². The van der Waals surface area contributed by atoms with Gasteiger partial charge in [-0.25, -0.2) is 4.98 Å². The number of fused-ring (bicyclic) bond motifs is 9. The monoisotopic (exact) mass is 776 g/mol. The second-order valence-corrected chi connectivity index (χ2v) is 15.6. The summed E-state index contributed by atoms with van der Waals surface area (Å²) < 4.78 is 2.24. The molecule has 0 amide bonds. The zero-order valence-corrected chi connectivity index (χ0v) is 33.1. The van der Waals surface area contributed by atoms with Gasteiger partial charge < -0.3 is 0 Å². The van der Waals surface area contributed by atoms with E-state index in [2.05, 4.69) is 205 Å². The Morgan fingerprint density at radius 2 is 0.721 bits per heavy atom. The molecular weight excluding hydrogens is 741 g/mol.